The molecule has 3 nitrogen and oxygen atoms in total. The Balaban J connectivity index is 1.39. The maximum Gasteiger partial charge on any atom is 0.197 e. The quantitative estimate of drug-likeness (QED) is 0.206. The molecular weight excluding hydrogens is 358 g/mol. The average molecular weight is 404 g/mol. The maximum atomic E-state index is 10.4. The van der Waals surface area contributed by atoms with E-state index in [1.807, 2.05) is 0 Å². The van der Waals surface area contributed by atoms with Crippen molar-refractivity contribution in [2.24, 2.45) is 0 Å². The molecule has 0 radical (unpaired) electrons. The lowest BCUT2D eigenvalue weighted by Crippen LogP contribution is -1.97. The molecule has 0 atom stereocenters. The molecule has 1 aliphatic rings. The molecule has 0 spiro atoms. The van der Waals surface area contributed by atoms with Crippen LogP contribution in [0.15, 0.2) is 12.2 Å². The molecule has 1 heterocycles. The van der Waals surface area contributed by atoms with Crippen molar-refractivity contribution in [2.75, 3.05) is 0 Å². The maximum absolute atomic E-state index is 10.4. The van der Waals surface area contributed by atoms with Gasteiger partial charge < -0.3 is 10.2 Å². The Morgan fingerprint density at radius 1 is 0.586 bits per heavy atom. The highest BCUT2D eigenvalue weighted by Crippen LogP contribution is 2.37. The molecule has 0 saturated heterocycles. The van der Waals surface area contributed by atoms with Crippen LogP contribution in [0.25, 0.3) is 0 Å². The Labute approximate surface area is 179 Å². The third-order valence-electron chi connectivity index (χ3n) is 6.46. The SMILES string of the molecule is CCCCCCCCCCCCCCCCCCn1c(O)c2c(c1O)CC=CC2. The van der Waals surface area contributed by atoms with Crippen molar-refractivity contribution in [1.82, 2.24) is 4.57 Å². The summed E-state index contributed by atoms with van der Waals surface area (Å²) >= 11 is 0. The molecule has 0 unspecified atom stereocenters. The molecular formula is C26H45NO2. The van der Waals surface area contributed by atoms with E-state index in [0.717, 1.165) is 36.9 Å². The molecule has 1 aliphatic carbocycles. The number of aromatic hydroxyl groups is 2. The monoisotopic (exact) mass is 403 g/mol. The predicted octanol–water partition coefficient (Wildman–Crippen LogP) is 7.82. The zero-order valence-electron chi connectivity index (χ0n) is 18.9. The molecule has 0 amide bonds. The van der Waals surface area contributed by atoms with Crippen LogP contribution in [0.4, 0.5) is 0 Å². The summed E-state index contributed by atoms with van der Waals surface area (Å²) < 4.78 is 1.71. The van der Waals surface area contributed by atoms with Gasteiger partial charge in [0.15, 0.2) is 11.8 Å². The molecule has 0 saturated carbocycles. The first kappa shape index (κ1) is 23.9. The smallest absolute Gasteiger partial charge is 0.197 e. The van der Waals surface area contributed by atoms with Gasteiger partial charge in [-0.3, -0.25) is 4.57 Å². The van der Waals surface area contributed by atoms with Gasteiger partial charge in [0.2, 0.25) is 0 Å². The molecule has 2 N–H and O–H groups in total. The molecule has 166 valence electrons. The third-order valence-corrected chi connectivity index (χ3v) is 6.46. The number of fused-ring (bicyclic) bond motifs is 1. The minimum Gasteiger partial charge on any atom is -0.494 e. The van der Waals surface area contributed by atoms with Crippen molar-refractivity contribution < 1.29 is 10.2 Å². The van der Waals surface area contributed by atoms with Gasteiger partial charge in [-0.2, -0.15) is 0 Å². The Hall–Kier alpha value is -1.38. The van der Waals surface area contributed by atoms with Gasteiger partial charge >= 0.3 is 0 Å². The van der Waals surface area contributed by atoms with Gasteiger partial charge in [-0.15, -0.1) is 0 Å². The second kappa shape index (κ2) is 14.6. The van der Waals surface area contributed by atoms with E-state index in [9.17, 15) is 10.2 Å². The average Bonchev–Trinajstić information content (AvgIpc) is 2.98. The molecule has 0 bridgehead atoms. The standard InChI is InChI=1S/C26H45NO2/c1-2-3-4-5-6-7-8-9-10-11-12-13-14-15-16-19-22-27-25(28)23-20-17-18-21-24(23)26(27)29/h17-18,28-29H,2-16,19-22H2,1H3. The first-order chi connectivity index (χ1) is 14.3. The molecule has 2 rings (SSSR count). The van der Waals surface area contributed by atoms with Crippen molar-refractivity contribution in [3.63, 3.8) is 0 Å². The largest absolute Gasteiger partial charge is 0.494 e. The number of nitrogens with zero attached hydrogens (tertiary/aromatic N) is 1. The van der Waals surface area contributed by atoms with Crippen LogP contribution in [-0.2, 0) is 19.4 Å². The Morgan fingerprint density at radius 2 is 0.931 bits per heavy atom. The lowest BCUT2D eigenvalue weighted by Gasteiger charge is -2.07. The first-order valence-corrected chi connectivity index (χ1v) is 12.5. The first-order valence-electron chi connectivity index (χ1n) is 12.5. The Kier molecular flexibility index (Phi) is 12.0. The zero-order valence-corrected chi connectivity index (χ0v) is 18.9. The normalized spacial score (nSPS) is 13.1. The predicted molar refractivity (Wildman–Crippen MR) is 124 cm³/mol. The summed E-state index contributed by atoms with van der Waals surface area (Å²) in [7, 11) is 0. The molecule has 3 heteroatoms. The van der Waals surface area contributed by atoms with E-state index in [-0.39, 0.29) is 11.8 Å². The van der Waals surface area contributed by atoms with Crippen LogP contribution in [0.3, 0.4) is 0 Å². The minimum atomic E-state index is 0.280. The molecule has 0 aliphatic heterocycles. The second-order valence-corrected chi connectivity index (χ2v) is 8.94. The number of aromatic nitrogens is 1. The van der Waals surface area contributed by atoms with E-state index >= 15 is 0 Å². The van der Waals surface area contributed by atoms with Crippen molar-refractivity contribution in [2.45, 2.75) is 129 Å². The van der Waals surface area contributed by atoms with E-state index in [1.165, 1.54) is 96.3 Å². The lowest BCUT2D eigenvalue weighted by molar-refractivity contribution is 0.359. The van der Waals surface area contributed by atoms with Crippen LogP contribution in [0, 0.1) is 0 Å². The number of allylic oxidation sites excluding steroid dienone is 2. The highest BCUT2D eigenvalue weighted by molar-refractivity contribution is 5.49. The number of hydrogen-bond donors (Lipinski definition) is 2. The minimum absolute atomic E-state index is 0.280. The van der Waals surface area contributed by atoms with E-state index in [1.54, 1.807) is 4.57 Å². The van der Waals surface area contributed by atoms with Crippen LogP contribution in [0.1, 0.15) is 121 Å². The van der Waals surface area contributed by atoms with Crippen molar-refractivity contribution >= 4 is 0 Å². The second-order valence-electron chi connectivity index (χ2n) is 8.94. The van der Waals surface area contributed by atoms with E-state index in [2.05, 4.69) is 19.1 Å². The van der Waals surface area contributed by atoms with Gasteiger partial charge in [-0.1, -0.05) is 115 Å². The molecule has 1 aromatic rings. The fourth-order valence-electron chi connectivity index (χ4n) is 4.56. The van der Waals surface area contributed by atoms with Gasteiger partial charge in [0.25, 0.3) is 0 Å². The number of hydrogen-bond acceptors (Lipinski definition) is 2. The summed E-state index contributed by atoms with van der Waals surface area (Å²) in [6.45, 7) is 3.01. The van der Waals surface area contributed by atoms with Crippen LogP contribution in [0.2, 0.25) is 0 Å². The van der Waals surface area contributed by atoms with Crippen LogP contribution in [-0.4, -0.2) is 14.8 Å². The number of rotatable bonds is 17. The zero-order chi connectivity index (χ0) is 20.7. The van der Waals surface area contributed by atoms with Gasteiger partial charge in [-0.05, 0) is 19.3 Å². The van der Waals surface area contributed by atoms with Crippen molar-refractivity contribution in [3.8, 4) is 11.8 Å². The number of unbranched alkanes of at least 4 members (excludes halogenated alkanes) is 15. The van der Waals surface area contributed by atoms with E-state index in [4.69, 9.17) is 0 Å². The summed E-state index contributed by atoms with van der Waals surface area (Å²) in [6, 6.07) is 0. The third kappa shape index (κ3) is 8.48. The topological polar surface area (TPSA) is 45.4 Å². The fourth-order valence-corrected chi connectivity index (χ4v) is 4.56. The highest BCUT2D eigenvalue weighted by atomic mass is 16.3. The van der Waals surface area contributed by atoms with Crippen molar-refractivity contribution in [1.29, 1.82) is 0 Å². The van der Waals surface area contributed by atoms with Crippen molar-refractivity contribution in [3.05, 3.63) is 23.3 Å². The Morgan fingerprint density at radius 3 is 1.31 bits per heavy atom. The van der Waals surface area contributed by atoms with E-state index in [0.29, 0.717) is 0 Å². The summed E-state index contributed by atoms with van der Waals surface area (Å²) in [6.07, 6.45) is 27.4. The summed E-state index contributed by atoms with van der Waals surface area (Å²) in [5, 5.41) is 20.7. The summed E-state index contributed by atoms with van der Waals surface area (Å²) in [5.41, 5.74) is 1.84. The summed E-state index contributed by atoms with van der Waals surface area (Å²) in [4.78, 5) is 0. The van der Waals surface area contributed by atoms with Gasteiger partial charge in [0.05, 0.1) is 0 Å². The van der Waals surface area contributed by atoms with Gasteiger partial charge in [0, 0.05) is 17.7 Å². The fraction of sp³-hybridized carbons (Fsp3) is 0.769. The molecule has 0 aromatic carbocycles. The van der Waals surface area contributed by atoms with Crippen LogP contribution >= 0.6 is 0 Å². The lowest BCUT2D eigenvalue weighted by atomic mass is 10.0. The molecule has 1 aromatic heterocycles. The van der Waals surface area contributed by atoms with Crippen LogP contribution in [0.5, 0.6) is 11.8 Å². The molecule has 29 heavy (non-hydrogen) atoms. The highest BCUT2D eigenvalue weighted by Gasteiger charge is 2.21. The van der Waals surface area contributed by atoms with Crippen LogP contribution < -0.4 is 0 Å². The van der Waals surface area contributed by atoms with E-state index < -0.39 is 0 Å². The van der Waals surface area contributed by atoms with Gasteiger partial charge in [-0.25, -0.2) is 0 Å². The summed E-state index contributed by atoms with van der Waals surface area (Å²) in [5.74, 6) is 0.561. The van der Waals surface area contributed by atoms with Gasteiger partial charge in [0.1, 0.15) is 0 Å². The Bertz CT molecular complexity index is 557. The molecule has 0 fully saturated rings.